The Morgan fingerprint density at radius 3 is 2.09 bits per heavy atom. The lowest BCUT2D eigenvalue weighted by molar-refractivity contribution is -0.145. The van der Waals surface area contributed by atoms with E-state index < -0.39 is 35.7 Å². The fourth-order valence-electron chi connectivity index (χ4n) is 3.22. The van der Waals surface area contributed by atoms with Crippen molar-refractivity contribution in [3.8, 4) is 11.5 Å². The van der Waals surface area contributed by atoms with Crippen molar-refractivity contribution >= 4 is 40.6 Å². The third-order valence-corrected chi connectivity index (χ3v) is 5.56. The second-order valence-electron chi connectivity index (χ2n) is 8.82. The number of carbonyl (C=O) groups is 3. The summed E-state index contributed by atoms with van der Waals surface area (Å²) in [7, 11) is 2.65. The van der Waals surface area contributed by atoms with E-state index in [0.29, 0.717) is 5.56 Å². The molecule has 0 aliphatic carbocycles. The molecule has 190 valence electrons. The van der Waals surface area contributed by atoms with Crippen LogP contribution in [0.2, 0.25) is 0 Å². The van der Waals surface area contributed by atoms with Gasteiger partial charge >= 0.3 is 12.1 Å². The highest BCUT2D eigenvalue weighted by Crippen LogP contribution is 2.26. The molecule has 0 saturated heterocycles. The molecule has 0 bridgehead atoms. The van der Waals surface area contributed by atoms with E-state index in [4.69, 9.17) is 14.2 Å². The molecule has 9 nitrogen and oxygen atoms in total. The number of benzene rings is 2. The van der Waals surface area contributed by atoms with Gasteiger partial charge < -0.3 is 30.0 Å². The highest BCUT2D eigenvalue weighted by Gasteiger charge is 2.29. The van der Waals surface area contributed by atoms with Crippen LogP contribution in [0.25, 0.3) is 0 Å². The van der Waals surface area contributed by atoms with Crippen LogP contribution in [0, 0.1) is 3.57 Å². The van der Waals surface area contributed by atoms with E-state index in [1.54, 1.807) is 32.9 Å². The van der Waals surface area contributed by atoms with Gasteiger partial charge in [-0.25, -0.2) is 9.59 Å². The zero-order valence-corrected chi connectivity index (χ0v) is 22.5. The summed E-state index contributed by atoms with van der Waals surface area (Å²) < 4.78 is 16.3. The van der Waals surface area contributed by atoms with E-state index >= 15 is 0 Å². The number of ether oxygens (including phenoxy) is 3. The minimum absolute atomic E-state index is 0.0542. The average Bonchev–Trinajstić information content (AvgIpc) is 2.78. The topological polar surface area (TPSA) is 123 Å². The number of esters is 1. The van der Waals surface area contributed by atoms with Gasteiger partial charge in [0.1, 0.15) is 17.7 Å². The Balaban J connectivity index is 2.24. The predicted molar refractivity (Wildman–Crippen MR) is 138 cm³/mol. The Kier molecular flexibility index (Phi) is 10.2. The smallest absolute Gasteiger partial charge is 0.408 e. The standard InChI is InChI=1S/C25H31IN2O7/c1-25(2,3)35-24(32)28-18(12-15-6-9-17(26)10-7-15)22(30)27-19(23(31)34-5)13-16-8-11-21(33-4)20(29)14-16/h6-11,14,18-19,29H,12-13H2,1-5H3,(H,27,30)(H,28,32)/t18-,19-/m0/s1. The number of rotatable bonds is 9. The first kappa shape index (κ1) is 28.2. The molecule has 2 amide bonds. The van der Waals surface area contributed by atoms with Crippen LogP contribution in [0.1, 0.15) is 31.9 Å². The summed E-state index contributed by atoms with van der Waals surface area (Å²) >= 11 is 2.18. The number of hydrogen-bond acceptors (Lipinski definition) is 7. The van der Waals surface area contributed by atoms with Crippen molar-refractivity contribution in [3.63, 3.8) is 0 Å². The number of nitrogens with one attached hydrogen (secondary N) is 2. The molecule has 0 spiro atoms. The van der Waals surface area contributed by atoms with Gasteiger partial charge in [-0.3, -0.25) is 4.79 Å². The molecule has 0 aliphatic rings. The van der Waals surface area contributed by atoms with Crippen LogP contribution in [0.3, 0.4) is 0 Å². The SMILES string of the molecule is COC(=O)[C@H](Cc1ccc(OC)c(O)c1)NC(=O)[C@H](Cc1ccc(I)cc1)NC(=O)OC(C)(C)C. The lowest BCUT2D eigenvalue weighted by Crippen LogP contribution is -2.53. The molecule has 0 heterocycles. The monoisotopic (exact) mass is 598 g/mol. The summed E-state index contributed by atoms with van der Waals surface area (Å²) in [5.41, 5.74) is 0.642. The molecule has 35 heavy (non-hydrogen) atoms. The molecule has 0 saturated carbocycles. The van der Waals surface area contributed by atoms with E-state index in [1.807, 2.05) is 24.3 Å². The Morgan fingerprint density at radius 1 is 0.943 bits per heavy atom. The first-order valence-electron chi connectivity index (χ1n) is 10.9. The highest BCUT2D eigenvalue weighted by atomic mass is 127. The van der Waals surface area contributed by atoms with Crippen molar-refractivity contribution in [2.24, 2.45) is 0 Å². The maximum atomic E-state index is 13.2. The first-order chi connectivity index (χ1) is 16.4. The third kappa shape index (κ3) is 9.27. The molecule has 2 rings (SSSR count). The Bertz CT molecular complexity index is 1040. The van der Waals surface area contributed by atoms with Gasteiger partial charge in [0.15, 0.2) is 11.5 Å². The van der Waals surface area contributed by atoms with Crippen molar-refractivity contribution in [1.82, 2.24) is 10.6 Å². The Morgan fingerprint density at radius 2 is 1.54 bits per heavy atom. The normalized spacial score (nSPS) is 12.7. The largest absolute Gasteiger partial charge is 0.504 e. The summed E-state index contributed by atoms with van der Waals surface area (Å²) in [5, 5.41) is 15.3. The Labute approximate surface area is 218 Å². The number of phenols is 1. The highest BCUT2D eigenvalue weighted by molar-refractivity contribution is 14.1. The number of phenolic OH excluding ortho intramolecular Hbond substituents is 1. The van der Waals surface area contributed by atoms with Gasteiger partial charge in [-0.2, -0.15) is 0 Å². The Hall–Kier alpha value is -3.02. The molecule has 0 aromatic heterocycles. The molecule has 3 N–H and O–H groups in total. The maximum absolute atomic E-state index is 13.2. The molecule has 2 atom stereocenters. The fourth-order valence-corrected chi connectivity index (χ4v) is 3.58. The van der Waals surface area contributed by atoms with Gasteiger partial charge in [0.25, 0.3) is 0 Å². The van der Waals surface area contributed by atoms with E-state index in [9.17, 15) is 19.5 Å². The minimum atomic E-state index is -1.06. The number of amides is 2. The number of hydrogen-bond donors (Lipinski definition) is 3. The maximum Gasteiger partial charge on any atom is 0.408 e. The van der Waals surface area contributed by atoms with Crippen LogP contribution >= 0.6 is 22.6 Å². The lowest BCUT2D eigenvalue weighted by atomic mass is 10.0. The zero-order chi connectivity index (χ0) is 26.2. The first-order valence-corrected chi connectivity index (χ1v) is 12.0. The van der Waals surface area contributed by atoms with Gasteiger partial charge in [-0.15, -0.1) is 0 Å². The van der Waals surface area contributed by atoms with Gasteiger partial charge in [0.2, 0.25) is 5.91 Å². The third-order valence-electron chi connectivity index (χ3n) is 4.85. The van der Waals surface area contributed by atoms with E-state index in [0.717, 1.165) is 9.13 Å². The molecule has 2 aromatic carbocycles. The molecule has 0 unspecified atom stereocenters. The quantitative estimate of drug-likeness (QED) is 0.299. The summed E-state index contributed by atoms with van der Waals surface area (Å²) in [4.78, 5) is 38.1. The van der Waals surface area contributed by atoms with Gasteiger partial charge in [0.05, 0.1) is 14.2 Å². The zero-order valence-electron chi connectivity index (χ0n) is 20.4. The van der Waals surface area contributed by atoms with E-state index in [-0.39, 0.29) is 24.3 Å². The second kappa shape index (κ2) is 12.6. The van der Waals surface area contributed by atoms with Gasteiger partial charge in [-0.05, 0) is 78.8 Å². The number of halogens is 1. The van der Waals surface area contributed by atoms with Crippen molar-refractivity contribution in [1.29, 1.82) is 0 Å². The molecule has 2 aromatic rings. The van der Waals surface area contributed by atoms with Gasteiger partial charge in [0, 0.05) is 16.4 Å². The fraction of sp³-hybridized carbons (Fsp3) is 0.400. The predicted octanol–water partition coefficient (Wildman–Crippen LogP) is 3.34. The summed E-state index contributed by atoms with van der Waals surface area (Å²) in [6.07, 6.45) is -0.518. The summed E-state index contributed by atoms with van der Waals surface area (Å²) in [6.45, 7) is 5.16. The van der Waals surface area contributed by atoms with Crippen LogP contribution < -0.4 is 15.4 Å². The van der Waals surface area contributed by atoms with E-state index in [1.165, 1.54) is 20.3 Å². The number of aromatic hydroxyl groups is 1. The van der Waals surface area contributed by atoms with Crippen molar-refractivity contribution in [2.45, 2.75) is 51.3 Å². The van der Waals surface area contributed by atoms with Crippen molar-refractivity contribution in [2.75, 3.05) is 14.2 Å². The molecule has 10 heteroatoms. The molecule has 0 aliphatic heterocycles. The summed E-state index contributed by atoms with van der Waals surface area (Å²) in [6, 6.07) is 10.1. The van der Waals surface area contributed by atoms with Gasteiger partial charge in [-0.1, -0.05) is 18.2 Å². The van der Waals surface area contributed by atoms with E-state index in [2.05, 4.69) is 33.2 Å². The van der Waals surface area contributed by atoms with Crippen LogP contribution in [0.15, 0.2) is 42.5 Å². The van der Waals surface area contributed by atoms with Crippen molar-refractivity contribution < 1.29 is 33.7 Å². The summed E-state index contributed by atoms with van der Waals surface area (Å²) in [5.74, 6) is -1.06. The number of methoxy groups -OCH3 is 2. The molecular formula is C25H31IN2O7. The minimum Gasteiger partial charge on any atom is -0.504 e. The van der Waals surface area contributed by atoms with Crippen LogP contribution in [0.4, 0.5) is 4.79 Å². The molecular weight excluding hydrogens is 567 g/mol. The molecule has 0 fully saturated rings. The van der Waals surface area contributed by atoms with Crippen molar-refractivity contribution in [3.05, 3.63) is 57.2 Å². The second-order valence-corrected chi connectivity index (χ2v) is 10.1. The van der Waals surface area contributed by atoms with Crippen LogP contribution in [-0.4, -0.2) is 55.0 Å². The van der Waals surface area contributed by atoms with Crippen LogP contribution in [0.5, 0.6) is 11.5 Å². The average molecular weight is 598 g/mol. The van der Waals surface area contributed by atoms with Crippen LogP contribution in [-0.2, 0) is 31.9 Å². The lowest BCUT2D eigenvalue weighted by Gasteiger charge is -2.25. The number of carbonyl (C=O) groups excluding carboxylic acids is 3. The molecule has 0 radical (unpaired) electrons. The number of alkyl carbamates (subject to hydrolysis) is 1.